The Morgan fingerprint density at radius 1 is 0.639 bits per heavy atom. The largest absolute Gasteiger partial charge is 0.399 e. The molecule has 0 aliphatic heterocycles. The molecule has 0 atom stereocenters. The van der Waals surface area contributed by atoms with E-state index in [1.54, 1.807) is 0 Å². The first-order valence-corrected chi connectivity index (χ1v) is 14.2. The molecule has 0 heterocycles. The van der Waals surface area contributed by atoms with E-state index < -0.39 is 32.1 Å². The van der Waals surface area contributed by atoms with E-state index in [2.05, 4.69) is 10.6 Å². The number of rotatable bonds is 10. The molecule has 0 aliphatic carbocycles. The maximum atomic E-state index is 11.8. The minimum absolute atomic E-state index is 0.00217. The summed E-state index contributed by atoms with van der Waals surface area (Å²) in [6, 6.07) is 9.78. The van der Waals surface area contributed by atoms with E-state index in [4.69, 9.17) is 11.5 Å². The van der Waals surface area contributed by atoms with Crippen molar-refractivity contribution in [1.29, 1.82) is 0 Å². The van der Waals surface area contributed by atoms with E-state index in [1.807, 2.05) is 23.3 Å². The van der Waals surface area contributed by atoms with E-state index in [1.165, 1.54) is 48.5 Å². The topological polar surface area (TPSA) is 203 Å². The third-order valence-corrected chi connectivity index (χ3v) is 7.16. The van der Waals surface area contributed by atoms with E-state index >= 15 is 0 Å². The lowest BCUT2D eigenvalue weighted by molar-refractivity contribution is 0.244. The number of nitrogens with two attached hydrogens (primary N) is 2. The molecule has 0 saturated carbocycles. The molecule has 2 aromatic rings. The molecule has 2 rings (SSSR count). The smallest absolute Gasteiger partial charge is 0.328 e. The molecule has 0 aromatic heterocycles. The van der Waals surface area contributed by atoms with Gasteiger partial charge in [0.05, 0.1) is 9.79 Å². The van der Waals surface area contributed by atoms with Gasteiger partial charge in [-0.15, -0.1) is 0 Å². The summed E-state index contributed by atoms with van der Waals surface area (Å²) in [6.45, 7) is 4.84. The predicted molar refractivity (Wildman–Crippen MR) is 139 cm³/mol. The normalized spacial score (nSPS) is 10.9. The average molecular weight is 543 g/mol. The number of nitrogens with one attached hydrogen (secondary N) is 4. The fraction of sp³-hybridized carbons (Fsp3) is 0.364. The highest BCUT2D eigenvalue weighted by molar-refractivity contribution is 7.90. The van der Waals surface area contributed by atoms with Gasteiger partial charge in [0.1, 0.15) is 0 Å². The minimum Gasteiger partial charge on any atom is -0.399 e. The predicted octanol–water partition coefficient (Wildman–Crippen LogP) is 2.11. The van der Waals surface area contributed by atoms with Gasteiger partial charge in [0.2, 0.25) is 0 Å². The molecule has 2 aromatic carbocycles. The van der Waals surface area contributed by atoms with Gasteiger partial charge >= 0.3 is 12.1 Å². The van der Waals surface area contributed by atoms with Gasteiger partial charge in [0, 0.05) is 24.5 Å². The number of nitrogen functional groups attached to an aromatic ring is 2. The monoisotopic (exact) mass is 542 g/mol. The molecule has 200 valence electrons. The summed E-state index contributed by atoms with van der Waals surface area (Å²) >= 11 is 0. The van der Waals surface area contributed by atoms with E-state index in [9.17, 15) is 26.4 Å². The van der Waals surface area contributed by atoms with Gasteiger partial charge in [-0.2, -0.15) is 0 Å². The molecule has 0 unspecified atom stereocenters. The number of hydrogen-bond donors (Lipinski definition) is 6. The third kappa shape index (κ3) is 11.3. The molecule has 0 fully saturated rings. The minimum atomic E-state index is -3.83. The summed E-state index contributed by atoms with van der Waals surface area (Å²) in [5, 5.41) is 4.93. The van der Waals surface area contributed by atoms with Crippen molar-refractivity contribution in [3.05, 3.63) is 48.5 Å². The summed E-state index contributed by atoms with van der Waals surface area (Å²) in [6.07, 6.45) is 3.45. The van der Waals surface area contributed by atoms with Crippen LogP contribution in [0.5, 0.6) is 0 Å². The lowest BCUT2D eigenvalue weighted by Gasteiger charge is -2.08. The number of anilines is 2. The molecule has 0 bridgehead atoms. The summed E-state index contributed by atoms with van der Waals surface area (Å²) in [5.74, 6) is 0. The number of amides is 4. The summed E-state index contributed by atoms with van der Waals surface area (Å²) in [5.41, 5.74) is 11.8. The quantitative estimate of drug-likeness (QED) is 0.193. The van der Waals surface area contributed by atoms with Crippen molar-refractivity contribution in [3.8, 4) is 0 Å². The molecule has 0 saturated heterocycles. The van der Waals surface area contributed by atoms with Crippen molar-refractivity contribution < 1.29 is 26.4 Å². The lowest BCUT2D eigenvalue weighted by Crippen LogP contribution is -2.39. The Morgan fingerprint density at radius 2 is 0.944 bits per heavy atom. The first-order chi connectivity index (χ1) is 16.9. The van der Waals surface area contributed by atoms with Gasteiger partial charge in [-0.05, 0) is 61.4 Å². The first-order valence-electron chi connectivity index (χ1n) is 11.2. The van der Waals surface area contributed by atoms with Crippen LogP contribution < -0.4 is 31.5 Å². The Hall–Kier alpha value is -3.52. The van der Waals surface area contributed by atoms with E-state index in [-0.39, 0.29) is 9.79 Å². The van der Waals surface area contributed by atoms with Crippen LogP contribution in [0, 0.1) is 0 Å². The number of benzene rings is 2. The Bertz CT molecular complexity index is 1090. The molecule has 8 N–H and O–H groups in total. The number of carbonyl (C=O) groups is 2. The zero-order valence-corrected chi connectivity index (χ0v) is 21.9. The van der Waals surface area contributed by atoms with Crippen LogP contribution in [-0.4, -0.2) is 42.0 Å². The van der Waals surface area contributed by atoms with Gasteiger partial charge < -0.3 is 22.1 Å². The second-order valence-electron chi connectivity index (χ2n) is 7.57. The Morgan fingerprint density at radius 3 is 1.22 bits per heavy atom. The third-order valence-electron chi connectivity index (χ3n) is 4.47. The Balaban J connectivity index is 0.000000360. The van der Waals surface area contributed by atoms with Crippen molar-refractivity contribution in [3.63, 3.8) is 0 Å². The van der Waals surface area contributed by atoms with Crippen LogP contribution in [0.25, 0.3) is 0 Å². The van der Waals surface area contributed by atoms with E-state index in [0.717, 1.165) is 25.7 Å². The Kier molecular flexibility index (Phi) is 12.5. The highest BCUT2D eigenvalue weighted by atomic mass is 32.2. The summed E-state index contributed by atoms with van der Waals surface area (Å²) < 4.78 is 51.0. The van der Waals surface area contributed by atoms with Crippen molar-refractivity contribution >= 4 is 43.5 Å². The number of sulfonamides is 2. The van der Waals surface area contributed by atoms with Crippen molar-refractivity contribution in [2.24, 2.45) is 0 Å². The van der Waals surface area contributed by atoms with Crippen molar-refractivity contribution in [2.45, 2.75) is 49.3 Å². The number of hydrogen-bond acceptors (Lipinski definition) is 8. The van der Waals surface area contributed by atoms with Crippen molar-refractivity contribution in [1.82, 2.24) is 20.1 Å². The maximum Gasteiger partial charge on any atom is 0.328 e. The first kappa shape index (κ1) is 30.5. The molecule has 0 spiro atoms. The standard InChI is InChI=1S/2C11H17N3O3S/c2*1-2-3-8-13-11(15)14-18(16,17)10-6-4-9(12)5-7-10/h2*4-7H,2-3,8,12H2,1H3,(H2,13,14,15). The van der Waals surface area contributed by atoms with Gasteiger partial charge in [-0.25, -0.2) is 35.9 Å². The van der Waals surface area contributed by atoms with Crippen LogP contribution >= 0.6 is 0 Å². The fourth-order valence-electron chi connectivity index (χ4n) is 2.49. The van der Waals surface area contributed by atoms with Crippen LogP contribution in [0.4, 0.5) is 21.0 Å². The zero-order valence-electron chi connectivity index (χ0n) is 20.3. The van der Waals surface area contributed by atoms with Crippen LogP contribution in [-0.2, 0) is 20.0 Å². The van der Waals surface area contributed by atoms with Crippen LogP contribution in [0.1, 0.15) is 39.5 Å². The van der Waals surface area contributed by atoms with Gasteiger partial charge in [-0.1, -0.05) is 26.7 Å². The van der Waals surface area contributed by atoms with Crippen LogP contribution in [0.2, 0.25) is 0 Å². The van der Waals surface area contributed by atoms with Gasteiger partial charge in [0.15, 0.2) is 0 Å². The number of carbonyl (C=O) groups excluding carboxylic acids is 2. The zero-order chi connectivity index (χ0) is 27.2. The van der Waals surface area contributed by atoms with Gasteiger partial charge in [0.25, 0.3) is 20.0 Å². The maximum absolute atomic E-state index is 11.8. The molecule has 0 aliphatic rings. The number of unbranched alkanes of at least 4 members (excludes halogenated alkanes) is 2. The van der Waals surface area contributed by atoms with Crippen LogP contribution in [0.15, 0.2) is 58.3 Å². The molecular weight excluding hydrogens is 508 g/mol. The van der Waals surface area contributed by atoms with E-state index in [0.29, 0.717) is 24.5 Å². The van der Waals surface area contributed by atoms with Gasteiger partial charge in [-0.3, -0.25) is 0 Å². The highest BCUT2D eigenvalue weighted by Gasteiger charge is 2.17. The summed E-state index contributed by atoms with van der Waals surface area (Å²) in [7, 11) is -7.66. The highest BCUT2D eigenvalue weighted by Crippen LogP contribution is 2.12. The molecule has 14 heteroatoms. The molecule has 4 amide bonds. The second kappa shape index (κ2) is 14.8. The van der Waals surface area contributed by atoms with Crippen molar-refractivity contribution in [2.75, 3.05) is 24.6 Å². The SMILES string of the molecule is CCCCNC(=O)NS(=O)(=O)c1ccc(N)cc1.CCCCNC(=O)NS(=O)(=O)c1ccc(N)cc1. The second-order valence-corrected chi connectivity index (χ2v) is 10.9. The molecular formula is C22H34N6O6S2. The average Bonchev–Trinajstić information content (AvgIpc) is 2.80. The fourth-order valence-corrected chi connectivity index (χ4v) is 4.34. The van der Waals surface area contributed by atoms with Crippen LogP contribution in [0.3, 0.4) is 0 Å². The molecule has 36 heavy (non-hydrogen) atoms. The Labute approximate surface area is 212 Å². The summed E-state index contributed by atoms with van der Waals surface area (Å²) in [4.78, 5) is 22.7. The molecule has 0 radical (unpaired) electrons. The lowest BCUT2D eigenvalue weighted by atomic mass is 10.3. The number of urea groups is 2. The molecule has 12 nitrogen and oxygen atoms in total.